The normalized spacial score (nSPS) is 19.3. The van der Waals surface area contributed by atoms with Crippen LogP contribution in [-0.4, -0.2) is 105 Å². The number of nitrogens with zero attached hydrogens (tertiary/aromatic N) is 4. The van der Waals surface area contributed by atoms with E-state index in [9.17, 15) is 29.4 Å². The maximum absolute atomic E-state index is 12.4. The summed E-state index contributed by atoms with van der Waals surface area (Å²) in [7, 11) is 0. The Morgan fingerprint density at radius 3 is 1.44 bits per heavy atom. The first-order valence-electron chi connectivity index (χ1n) is 22.3. The highest BCUT2D eigenvalue weighted by molar-refractivity contribution is 5.78. The highest BCUT2D eigenvalue weighted by Gasteiger charge is 2.35. The van der Waals surface area contributed by atoms with Gasteiger partial charge in [0.15, 0.2) is 0 Å². The molecule has 2 saturated heterocycles. The second kappa shape index (κ2) is 21.8. The largest absolute Gasteiger partial charge is 0.480 e. The van der Waals surface area contributed by atoms with Gasteiger partial charge in [0.05, 0.1) is 0 Å². The first-order valence-corrected chi connectivity index (χ1v) is 22.3. The van der Waals surface area contributed by atoms with E-state index in [1.54, 1.807) is 0 Å². The highest BCUT2D eigenvalue weighted by atomic mass is 16.4. The van der Waals surface area contributed by atoms with E-state index < -0.39 is 24.0 Å². The van der Waals surface area contributed by atoms with E-state index in [1.165, 1.54) is 11.1 Å². The second-order valence-electron chi connectivity index (χ2n) is 16.8. The summed E-state index contributed by atoms with van der Waals surface area (Å²) in [6, 6.07) is 25.6. The van der Waals surface area contributed by atoms with Crippen LogP contribution in [0.1, 0.15) is 97.1 Å². The van der Waals surface area contributed by atoms with Crippen LogP contribution < -0.4 is 21.3 Å². The van der Waals surface area contributed by atoms with Crippen molar-refractivity contribution in [2.75, 3.05) is 49.9 Å². The lowest BCUT2D eigenvalue weighted by atomic mass is 10.1. The molecule has 2 aromatic heterocycles. The number of carboxylic acid groups (broad SMARTS) is 2. The van der Waals surface area contributed by atoms with Crippen molar-refractivity contribution in [2.45, 2.75) is 101 Å². The van der Waals surface area contributed by atoms with Gasteiger partial charge in [-0.2, -0.15) is 0 Å². The summed E-state index contributed by atoms with van der Waals surface area (Å²) in [5.74, 6) is 0.316. The third-order valence-corrected chi connectivity index (χ3v) is 12.2. The Balaban J connectivity index is 0.000000186. The standard InChI is InChI=1S/2C24H30N4O3/c2*29-21(10-4-9-19-12-11-18-8-5-14-25-23(18)27-19)26-20-13-15-28(16-20)22(24(30)31)17-6-2-1-3-7-17/h2*1-3,6-7,11-12,20,22H,4-5,8-10,13-16H2,(H,25,27)(H,26,29)(H,30,31)/t20-,22+;20-,22-/m11/s1. The Morgan fingerprint density at radius 2 is 1.03 bits per heavy atom. The minimum atomic E-state index is -0.856. The molecule has 0 radical (unpaired) electrons. The van der Waals surface area contributed by atoms with Gasteiger partial charge in [0.2, 0.25) is 11.8 Å². The van der Waals surface area contributed by atoms with Gasteiger partial charge in [0.25, 0.3) is 0 Å². The fourth-order valence-electron chi connectivity index (χ4n) is 9.05. The predicted molar refractivity (Wildman–Crippen MR) is 238 cm³/mol. The van der Waals surface area contributed by atoms with Crippen LogP contribution in [0, 0.1) is 0 Å². The summed E-state index contributed by atoms with van der Waals surface area (Å²) >= 11 is 0. The van der Waals surface area contributed by atoms with E-state index in [4.69, 9.17) is 0 Å². The predicted octanol–water partition coefficient (Wildman–Crippen LogP) is 5.56. The van der Waals surface area contributed by atoms with Gasteiger partial charge in [-0.1, -0.05) is 72.8 Å². The fourth-order valence-corrected chi connectivity index (χ4v) is 9.05. The third-order valence-electron chi connectivity index (χ3n) is 12.2. The van der Waals surface area contributed by atoms with E-state index in [1.807, 2.05) is 70.5 Å². The van der Waals surface area contributed by atoms with Gasteiger partial charge in [-0.15, -0.1) is 0 Å². The highest BCUT2D eigenvalue weighted by Crippen LogP contribution is 2.28. The van der Waals surface area contributed by atoms with Crippen LogP contribution in [0.4, 0.5) is 11.6 Å². The van der Waals surface area contributed by atoms with Crippen molar-refractivity contribution in [3.8, 4) is 0 Å². The van der Waals surface area contributed by atoms with Crippen LogP contribution in [0.3, 0.4) is 0 Å². The number of pyridine rings is 2. The summed E-state index contributed by atoms with van der Waals surface area (Å²) < 4.78 is 0. The van der Waals surface area contributed by atoms with Crippen molar-refractivity contribution >= 4 is 35.4 Å². The summed E-state index contributed by atoms with van der Waals surface area (Å²) in [6.07, 6.45) is 9.89. The molecule has 2 fully saturated rings. The van der Waals surface area contributed by atoms with Crippen LogP contribution in [0.25, 0.3) is 0 Å². The maximum Gasteiger partial charge on any atom is 0.325 e. The number of carbonyl (C=O) groups excluding carboxylic acids is 2. The number of fused-ring (bicyclic) bond motifs is 2. The van der Waals surface area contributed by atoms with E-state index in [0.717, 1.165) is 111 Å². The summed E-state index contributed by atoms with van der Waals surface area (Å²) in [4.78, 5) is 61.8. The number of carboxylic acids is 2. The lowest BCUT2D eigenvalue weighted by molar-refractivity contribution is -0.144. The Labute approximate surface area is 363 Å². The van der Waals surface area contributed by atoms with Crippen LogP contribution in [-0.2, 0) is 44.9 Å². The van der Waals surface area contributed by atoms with Crippen molar-refractivity contribution in [3.05, 3.63) is 119 Å². The second-order valence-corrected chi connectivity index (χ2v) is 16.8. The lowest BCUT2D eigenvalue weighted by Crippen LogP contribution is -2.39. The van der Waals surface area contributed by atoms with Crippen molar-refractivity contribution in [1.82, 2.24) is 30.4 Å². The minimum Gasteiger partial charge on any atom is -0.480 e. The Hall–Kier alpha value is -5.86. The lowest BCUT2D eigenvalue weighted by Gasteiger charge is -2.24. The van der Waals surface area contributed by atoms with Gasteiger partial charge in [0, 0.05) is 75.6 Å². The molecule has 0 aliphatic carbocycles. The smallest absolute Gasteiger partial charge is 0.325 e. The average molecular weight is 845 g/mol. The first-order chi connectivity index (χ1) is 30.2. The molecule has 62 heavy (non-hydrogen) atoms. The minimum absolute atomic E-state index is 0.0101. The van der Waals surface area contributed by atoms with E-state index in [-0.39, 0.29) is 23.9 Å². The van der Waals surface area contributed by atoms with Gasteiger partial charge in [-0.3, -0.25) is 29.0 Å². The number of hydrogen-bond donors (Lipinski definition) is 6. The van der Waals surface area contributed by atoms with Crippen LogP contribution in [0.2, 0.25) is 0 Å². The fraction of sp³-hybridized carbons (Fsp3) is 0.458. The molecule has 8 rings (SSSR count). The van der Waals surface area contributed by atoms with Gasteiger partial charge >= 0.3 is 11.9 Å². The number of amides is 2. The molecule has 2 aromatic carbocycles. The number of anilines is 2. The number of benzene rings is 2. The monoisotopic (exact) mass is 844 g/mol. The van der Waals surface area contributed by atoms with Gasteiger partial charge in [-0.25, -0.2) is 9.97 Å². The van der Waals surface area contributed by atoms with Crippen LogP contribution in [0.15, 0.2) is 84.9 Å². The zero-order valence-corrected chi connectivity index (χ0v) is 35.4. The van der Waals surface area contributed by atoms with E-state index >= 15 is 0 Å². The average Bonchev–Trinajstić information content (AvgIpc) is 3.93. The van der Waals surface area contributed by atoms with Crippen LogP contribution in [0.5, 0.6) is 0 Å². The number of rotatable bonds is 16. The zero-order chi connectivity index (χ0) is 43.3. The summed E-state index contributed by atoms with van der Waals surface area (Å²) in [5, 5.41) is 32.3. The quantitative estimate of drug-likeness (QED) is 0.0826. The maximum atomic E-state index is 12.4. The zero-order valence-electron chi connectivity index (χ0n) is 35.4. The van der Waals surface area contributed by atoms with E-state index in [0.29, 0.717) is 39.0 Å². The summed E-state index contributed by atoms with van der Waals surface area (Å²) in [5.41, 5.74) is 6.12. The summed E-state index contributed by atoms with van der Waals surface area (Å²) in [6.45, 7) is 4.35. The Morgan fingerprint density at radius 1 is 0.613 bits per heavy atom. The number of likely N-dealkylation sites (tertiary alicyclic amines) is 2. The molecular formula is C48H60N8O6. The molecule has 14 nitrogen and oxygen atoms in total. The number of aryl methyl sites for hydroxylation is 4. The molecular weight excluding hydrogens is 785 g/mol. The molecule has 14 heteroatoms. The molecule has 4 aliphatic rings. The number of carbonyl (C=O) groups is 4. The van der Waals surface area contributed by atoms with E-state index in [2.05, 4.69) is 55.5 Å². The molecule has 6 heterocycles. The van der Waals surface area contributed by atoms with Gasteiger partial charge < -0.3 is 31.5 Å². The molecule has 328 valence electrons. The number of aromatic nitrogens is 2. The molecule has 2 amide bonds. The molecule has 0 spiro atoms. The van der Waals surface area contributed by atoms with Crippen molar-refractivity contribution in [2.24, 2.45) is 0 Å². The van der Waals surface area contributed by atoms with Crippen molar-refractivity contribution in [3.63, 3.8) is 0 Å². The topological polar surface area (TPSA) is 189 Å². The number of aliphatic carboxylic acids is 2. The Bertz CT molecular complexity index is 1990. The van der Waals surface area contributed by atoms with Crippen LogP contribution >= 0.6 is 0 Å². The molecule has 4 aromatic rings. The van der Waals surface area contributed by atoms with Crippen molar-refractivity contribution in [1.29, 1.82) is 0 Å². The first kappa shape index (κ1) is 44.2. The number of nitrogens with one attached hydrogen (secondary N) is 4. The van der Waals surface area contributed by atoms with Gasteiger partial charge in [0.1, 0.15) is 23.7 Å². The molecule has 0 bridgehead atoms. The molecule has 0 unspecified atom stereocenters. The Kier molecular flexibility index (Phi) is 15.5. The van der Waals surface area contributed by atoms with Gasteiger partial charge in [-0.05, 0) is 98.6 Å². The molecule has 4 atom stereocenters. The molecule has 4 aliphatic heterocycles. The molecule has 0 saturated carbocycles. The number of hydrogen-bond acceptors (Lipinski definition) is 10. The third kappa shape index (κ3) is 12.2. The molecule has 6 N–H and O–H groups in total. The SMILES string of the molecule is O=C(CCCc1ccc2c(n1)NCCC2)N[C@@H]1CCN([C@@H](C(=O)O)c2ccccc2)C1.O=C(CCCc1ccc2c(n1)NCCC2)N[C@@H]1CCN([C@H](C(=O)O)c2ccccc2)C1. The van der Waals surface area contributed by atoms with Crippen molar-refractivity contribution < 1.29 is 29.4 Å².